The first-order valence-electron chi connectivity index (χ1n) is 8.21. The number of fused-ring (bicyclic) bond motifs is 2. The molecule has 0 aliphatic heterocycles. The van der Waals surface area contributed by atoms with Crippen molar-refractivity contribution in [2.75, 3.05) is 12.8 Å². The van der Waals surface area contributed by atoms with Gasteiger partial charge in [-0.25, -0.2) is 9.36 Å². The Morgan fingerprint density at radius 1 is 1.30 bits per heavy atom. The highest BCUT2D eigenvalue weighted by Crippen LogP contribution is 2.16. The van der Waals surface area contributed by atoms with Gasteiger partial charge in [0.2, 0.25) is 11.5 Å². The molecular formula is C19H16N5O3+. The second-order valence-corrected chi connectivity index (χ2v) is 5.97. The minimum absolute atomic E-state index is 0.115. The van der Waals surface area contributed by atoms with Crippen LogP contribution >= 0.6 is 0 Å². The average Bonchev–Trinajstić information content (AvgIpc) is 2.70. The number of hydrogen-bond donors (Lipinski definition) is 1. The number of hydrogen-bond acceptors (Lipinski definition) is 6. The highest BCUT2D eigenvalue weighted by atomic mass is 16.5. The lowest BCUT2D eigenvalue weighted by molar-refractivity contribution is -0.649. The van der Waals surface area contributed by atoms with E-state index in [1.165, 1.54) is 17.6 Å². The predicted molar refractivity (Wildman–Crippen MR) is 98.3 cm³/mol. The van der Waals surface area contributed by atoms with Gasteiger partial charge in [0.15, 0.2) is 0 Å². The van der Waals surface area contributed by atoms with E-state index in [0.29, 0.717) is 17.8 Å². The molecule has 0 saturated heterocycles. The Labute approximate surface area is 153 Å². The largest absolute Gasteiger partial charge is 0.465 e. The number of ether oxygens (including phenoxy) is 1. The third-order valence-electron chi connectivity index (χ3n) is 4.33. The fourth-order valence-corrected chi connectivity index (χ4v) is 3.01. The molecule has 0 unspecified atom stereocenters. The van der Waals surface area contributed by atoms with Crippen LogP contribution in [0.3, 0.4) is 0 Å². The van der Waals surface area contributed by atoms with E-state index in [1.807, 2.05) is 6.07 Å². The van der Waals surface area contributed by atoms with Gasteiger partial charge in [0, 0.05) is 24.2 Å². The standard InChI is InChI=1S/C19H15N5O3/c1-27-19(26)13-9-14-17(22-15-6-2-3-8-23(15)18(14)25)24(16(13)20)11-12-5-4-7-21-10-12/h2-10,20H,11H2,1H3/p+1. The lowest BCUT2D eigenvalue weighted by atomic mass is 10.1. The van der Waals surface area contributed by atoms with Crippen molar-refractivity contribution in [2.24, 2.45) is 0 Å². The number of pyridine rings is 3. The van der Waals surface area contributed by atoms with Gasteiger partial charge in [0.05, 0.1) is 13.7 Å². The molecule has 0 spiro atoms. The van der Waals surface area contributed by atoms with Gasteiger partial charge < -0.3 is 10.5 Å². The molecule has 0 bridgehead atoms. The molecule has 0 aliphatic rings. The molecule has 4 heterocycles. The number of nitrogen functional groups attached to an aromatic ring is 1. The zero-order chi connectivity index (χ0) is 19.0. The van der Waals surface area contributed by atoms with Crippen LogP contribution < -0.4 is 15.9 Å². The van der Waals surface area contributed by atoms with Crippen LogP contribution in [0, 0.1) is 0 Å². The second-order valence-electron chi connectivity index (χ2n) is 5.97. The first-order chi connectivity index (χ1) is 13.1. The van der Waals surface area contributed by atoms with Crippen LogP contribution in [-0.2, 0) is 11.3 Å². The number of nitrogens with two attached hydrogens (primary N) is 1. The Kier molecular flexibility index (Phi) is 4.00. The molecule has 0 amide bonds. The SMILES string of the molecule is COC(=O)c1cc2c(=O)n3ccccc3nc2[n+](Cc2cccnc2)c1N. The summed E-state index contributed by atoms with van der Waals surface area (Å²) in [5.41, 5.74) is 7.81. The summed E-state index contributed by atoms with van der Waals surface area (Å²) in [6.07, 6.45) is 4.99. The lowest BCUT2D eigenvalue weighted by Gasteiger charge is -2.11. The van der Waals surface area contributed by atoms with Gasteiger partial charge in [-0.3, -0.25) is 14.2 Å². The molecule has 2 N–H and O–H groups in total. The normalized spacial score (nSPS) is 11.0. The van der Waals surface area contributed by atoms with E-state index in [2.05, 4.69) is 9.97 Å². The van der Waals surface area contributed by atoms with Gasteiger partial charge in [-0.2, -0.15) is 0 Å². The van der Waals surface area contributed by atoms with Gasteiger partial charge in [-0.15, -0.1) is 0 Å². The molecular weight excluding hydrogens is 346 g/mol. The molecule has 134 valence electrons. The molecule has 0 aliphatic carbocycles. The third kappa shape index (κ3) is 2.77. The van der Waals surface area contributed by atoms with E-state index >= 15 is 0 Å². The summed E-state index contributed by atoms with van der Waals surface area (Å²) in [5, 5.41) is 0.275. The molecule has 0 radical (unpaired) electrons. The highest BCUT2D eigenvalue weighted by molar-refractivity contribution is 5.96. The van der Waals surface area contributed by atoms with E-state index in [9.17, 15) is 9.59 Å². The van der Waals surface area contributed by atoms with Crippen molar-refractivity contribution >= 4 is 28.5 Å². The number of carbonyl (C=O) groups excluding carboxylic acids is 1. The van der Waals surface area contributed by atoms with Crippen LogP contribution in [0.5, 0.6) is 0 Å². The predicted octanol–water partition coefficient (Wildman–Crippen LogP) is 0.947. The number of nitrogens with zero attached hydrogens (tertiary/aromatic N) is 4. The topological polar surface area (TPSA) is 103 Å². The first kappa shape index (κ1) is 16.6. The fraction of sp³-hybridized carbons (Fsp3) is 0.105. The Balaban J connectivity index is 2.10. The summed E-state index contributed by atoms with van der Waals surface area (Å²) in [5.74, 6) is -0.447. The number of carbonyl (C=O) groups is 1. The molecule has 0 aromatic carbocycles. The summed E-state index contributed by atoms with van der Waals surface area (Å²) in [6, 6.07) is 10.4. The summed E-state index contributed by atoms with van der Waals surface area (Å²) in [6.45, 7) is 0.302. The fourth-order valence-electron chi connectivity index (χ4n) is 3.01. The van der Waals surface area contributed by atoms with Gasteiger partial charge in [0.1, 0.15) is 10.9 Å². The number of esters is 1. The summed E-state index contributed by atoms with van der Waals surface area (Å²) in [7, 11) is 1.27. The van der Waals surface area contributed by atoms with Crippen molar-refractivity contribution in [3.63, 3.8) is 0 Å². The smallest absolute Gasteiger partial charge is 0.344 e. The zero-order valence-electron chi connectivity index (χ0n) is 14.5. The van der Waals surface area contributed by atoms with Crippen molar-refractivity contribution in [3.8, 4) is 0 Å². The van der Waals surface area contributed by atoms with Gasteiger partial charge in [-0.1, -0.05) is 17.1 Å². The van der Waals surface area contributed by atoms with Gasteiger partial charge in [-0.05, 0) is 24.3 Å². The first-order valence-corrected chi connectivity index (χ1v) is 8.21. The number of aromatic nitrogens is 4. The molecule has 27 heavy (non-hydrogen) atoms. The molecule has 4 aromatic rings. The zero-order valence-corrected chi connectivity index (χ0v) is 14.5. The molecule has 8 heteroatoms. The molecule has 0 atom stereocenters. The molecule has 0 saturated carbocycles. The maximum absolute atomic E-state index is 13.0. The number of methoxy groups -OCH3 is 1. The van der Waals surface area contributed by atoms with Crippen molar-refractivity contribution in [3.05, 3.63) is 76.5 Å². The van der Waals surface area contributed by atoms with E-state index < -0.39 is 5.97 Å². The van der Waals surface area contributed by atoms with Crippen LogP contribution in [0.1, 0.15) is 15.9 Å². The van der Waals surface area contributed by atoms with Crippen LogP contribution in [0.25, 0.3) is 16.7 Å². The van der Waals surface area contributed by atoms with Crippen molar-refractivity contribution in [2.45, 2.75) is 6.54 Å². The van der Waals surface area contributed by atoms with Gasteiger partial charge >= 0.3 is 5.97 Å². The lowest BCUT2D eigenvalue weighted by Crippen LogP contribution is -2.42. The number of rotatable bonds is 3. The van der Waals surface area contributed by atoms with E-state index in [1.54, 1.807) is 47.4 Å². The number of anilines is 1. The van der Waals surface area contributed by atoms with Crippen LogP contribution in [0.2, 0.25) is 0 Å². The van der Waals surface area contributed by atoms with E-state index in [4.69, 9.17) is 10.5 Å². The van der Waals surface area contributed by atoms with Gasteiger partial charge in [0.25, 0.3) is 11.2 Å². The monoisotopic (exact) mass is 362 g/mol. The molecule has 4 aromatic heterocycles. The Bertz CT molecular complexity index is 1240. The minimum Gasteiger partial charge on any atom is -0.465 e. The molecule has 8 nitrogen and oxygen atoms in total. The molecule has 4 rings (SSSR count). The van der Waals surface area contributed by atoms with E-state index in [0.717, 1.165) is 5.56 Å². The van der Waals surface area contributed by atoms with Crippen LogP contribution in [-0.4, -0.2) is 27.4 Å². The minimum atomic E-state index is -0.619. The quantitative estimate of drug-likeness (QED) is 0.331. The summed E-state index contributed by atoms with van der Waals surface area (Å²) >= 11 is 0. The maximum Gasteiger partial charge on any atom is 0.344 e. The maximum atomic E-state index is 13.0. The summed E-state index contributed by atoms with van der Waals surface area (Å²) in [4.78, 5) is 33.9. The van der Waals surface area contributed by atoms with Crippen molar-refractivity contribution in [1.82, 2.24) is 14.4 Å². The van der Waals surface area contributed by atoms with E-state index in [-0.39, 0.29) is 22.3 Å². The Hall–Kier alpha value is -3.81. The van der Waals surface area contributed by atoms with Crippen molar-refractivity contribution < 1.29 is 14.1 Å². The third-order valence-corrected chi connectivity index (χ3v) is 4.33. The second kappa shape index (κ2) is 6.49. The average molecular weight is 362 g/mol. The molecule has 0 fully saturated rings. The Morgan fingerprint density at radius 2 is 2.15 bits per heavy atom. The van der Waals surface area contributed by atoms with Crippen molar-refractivity contribution in [1.29, 1.82) is 0 Å². The Morgan fingerprint density at radius 3 is 2.89 bits per heavy atom. The van der Waals surface area contributed by atoms with Crippen LogP contribution in [0.4, 0.5) is 5.82 Å². The summed E-state index contributed by atoms with van der Waals surface area (Å²) < 4.78 is 7.88. The highest BCUT2D eigenvalue weighted by Gasteiger charge is 2.24. The van der Waals surface area contributed by atoms with Crippen LogP contribution in [0.15, 0.2) is 59.8 Å².